The lowest BCUT2D eigenvalue weighted by atomic mass is 9.80. The van der Waals surface area contributed by atoms with Crippen molar-refractivity contribution in [3.05, 3.63) is 272 Å². The predicted octanol–water partition coefficient (Wildman–Crippen LogP) is 19.9. The van der Waals surface area contributed by atoms with Crippen molar-refractivity contribution in [2.24, 2.45) is 0 Å². The number of fused-ring (bicyclic) bond motifs is 11. The molecule has 0 fully saturated rings. The summed E-state index contributed by atoms with van der Waals surface area (Å²) in [5.41, 5.74) is 18.3. The van der Waals surface area contributed by atoms with Gasteiger partial charge in [-0.05, 0) is 152 Å². The van der Waals surface area contributed by atoms with Crippen molar-refractivity contribution in [2.45, 2.75) is 19.3 Å². The Kier molecular flexibility index (Phi) is 9.63. The molecule has 0 atom stereocenters. The molecule has 0 heterocycles. The number of hydrogen-bond donors (Lipinski definition) is 0. The van der Waals surface area contributed by atoms with Gasteiger partial charge in [0.1, 0.15) is 0 Å². The fourth-order valence-corrected chi connectivity index (χ4v) is 12.2. The van der Waals surface area contributed by atoms with E-state index in [4.69, 9.17) is 0 Å². The van der Waals surface area contributed by atoms with E-state index >= 15 is 0 Å². The quantitative estimate of drug-likeness (QED) is 0.144. The maximum atomic E-state index is 2.48. The molecule has 1 aliphatic rings. The average Bonchev–Trinajstić information content (AvgIpc) is 3.67. The van der Waals surface area contributed by atoms with Gasteiger partial charge in [-0.2, -0.15) is 0 Å². The van der Waals surface area contributed by atoms with Gasteiger partial charge in [-0.1, -0.05) is 232 Å². The number of nitrogens with zero attached hydrogens (tertiary/aromatic N) is 1. The molecule has 0 saturated carbocycles. The minimum absolute atomic E-state index is 0.258. The van der Waals surface area contributed by atoms with Crippen LogP contribution in [0.5, 0.6) is 0 Å². The third-order valence-electron chi connectivity index (χ3n) is 15.6. The van der Waals surface area contributed by atoms with Crippen molar-refractivity contribution < 1.29 is 0 Å². The van der Waals surface area contributed by atoms with E-state index in [1.54, 1.807) is 0 Å². The highest BCUT2D eigenvalue weighted by Crippen LogP contribution is 2.54. The predicted molar refractivity (Wildman–Crippen MR) is 308 cm³/mol. The highest BCUT2D eigenvalue weighted by Gasteiger charge is 2.37. The molecule has 0 aliphatic heterocycles. The first-order chi connectivity index (χ1) is 35.5. The fraction of sp³-hybridized carbons (Fsp3) is 0.0423. The molecule has 0 aromatic heterocycles. The molecule has 0 bridgehead atoms. The van der Waals surface area contributed by atoms with Gasteiger partial charge in [0, 0.05) is 21.9 Å². The average molecular weight is 916 g/mol. The van der Waals surface area contributed by atoms with E-state index in [0.29, 0.717) is 0 Å². The van der Waals surface area contributed by atoms with Crippen molar-refractivity contribution >= 4 is 70.9 Å². The lowest BCUT2D eigenvalue weighted by Gasteiger charge is -2.30. The highest BCUT2D eigenvalue weighted by molar-refractivity contribution is 6.33. The maximum absolute atomic E-state index is 2.48. The van der Waals surface area contributed by atoms with Crippen LogP contribution in [0.25, 0.3) is 109 Å². The van der Waals surface area contributed by atoms with Crippen LogP contribution in [0.1, 0.15) is 25.0 Å². The van der Waals surface area contributed by atoms with Crippen LogP contribution in [-0.4, -0.2) is 0 Å². The highest BCUT2D eigenvalue weighted by atomic mass is 15.1. The molecule has 338 valence electrons. The molecule has 0 unspecified atom stereocenters. The zero-order chi connectivity index (χ0) is 47.9. The van der Waals surface area contributed by atoms with Crippen LogP contribution in [0, 0.1) is 0 Å². The Bertz CT molecular complexity index is 4190. The second kappa shape index (κ2) is 16.5. The van der Waals surface area contributed by atoms with Crippen molar-refractivity contribution in [2.75, 3.05) is 4.90 Å². The van der Waals surface area contributed by atoms with Crippen LogP contribution < -0.4 is 4.90 Å². The van der Waals surface area contributed by atoms with Crippen molar-refractivity contribution in [3.8, 4) is 55.6 Å². The molecule has 1 aliphatic carbocycles. The molecule has 14 rings (SSSR count). The summed E-state index contributed by atoms with van der Waals surface area (Å²) in [5, 5.41) is 12.5. The smallest absolute Gasteiger partial charge is 0.0540 e. The first kappa shape index (κ1) is 41.9. The van der Waals surface area contributed by atoms with Crippen LogP contribution in [0.15, 0.2) is 261 Å². The fourth-order valence-electron chi connectivity index (χ4n) is 12.2. The zero-order valence-corrected chi connectivity index (χ0v) is 40.3. The maximum Gasteiger partial charge on any atom is 0.0540 e. The van der Waals surface area contributed by atoms with Gasteiger partial charge in [0.25, 0.3) is 0 Å². The van der Waals surface area contributed by atoms with Crippen LogP contribution in [0.3, 0.4) is 0 Å². The molecule has 13 aromatic rings. The zero-order valence-electron chi connectivity index (χ0n) is 40.3. The van der Waals surface area contributed by atoms with Crippen molar-refractivity contribution in [1.82, 2.24) is 0 Å². The SMILES string of the molecule is CC1(C)c2cc(-c3ccc4c(c3)c3ccccc3c3c(-c5ccccc5)cc(-c5ccccc5)c(-c5ccccc5)c43)ccc2-c2ccc(N(c3cccc4ccccc34)c3cccc4ccccc34)cc21. The van der Waals surface area contributed by atoms with Gasteiger partial charge in [0.15, 0.2) is 0 Å². The van der Waals surface area contributed by atoms with Gasteiger partial charge in [-0.15, -0.1) is 0 Å². The third-order valence-corrected chi connectivity index (χ3v) is 15.6. The van der Waals surface area contributed by atoms with Crippen LogP contribution in [-0.2, 0) is 5.41 Å². The summed E-state index contributed by atoms with van der Waals surface area (Å²) in [5.74, 6) is 0. The lowest BCUT2D eigenvalue weighted by Crippen LogP contribution is -2.17. The molecule has 1 heteroatoms. The molecule has 13 aromatic carbocycles. The standard InChI is InChI=1S/C71H49N/c1-71(2)64-43-52(36-39-57(64)58-41-38-53(44-65(58)71)72(66-34-18-28-46-24-12-14-30-54(46)66)67-35-19-29-47-25-13-15-31-55(47)67)51-37-40-60-63(42-51)56-32-16-17-33-59(56)69-62(49-22-8-4-9-23-49)45-61(48-20-6-3-7-21-48)68(70(60)69)50-26-10-5-11-27-50/h3-45H,1-2H3. The van der Waals surface area contributed by atoms with Crippen LogP contribution >= 0.6 is 0 Å². The number of hydrogen-bond acceptors (Lipinski definition) is 1. The summed E-state index contributed by atoms with van der Waals surface area (Å²) in [6.07, 6.45) is 0. The molecule has 72 heavy (non-hydrogen) atoms. The molecular formula is C71H49N. The second-order valence-corrected chi connectivity index (χ2v) is 19.9. The summed E-state index contributed by atoms with van der Waals surface area (Å²) >= 11 is 0. The van der Waals surface area contributed by atoms with Gasteiger partial charge >= 0.3 is 0 Å². The monoisotopic (exact) mass is 915 g/mol. The Labute approximate surface area is 420 Å². The summed E-state index contributed by atoms with van der Waals surface area (Å²) < 4.78 is 0. The number of benzene rings is 13. The van der Waals surface area contributed by atoms with Gasteiger partial charge in [-0.25, -0.2) is 0 Å². The molecule has 0 spiro atoms. The molecule has 1 nitrogen and oxygen atoms in total. The summed E-state index contributed by atoms with van der Waals surface area (Å²) in [6.45, 7) is 4.82. The van der Waals surface area contributed by atoms with Crippen LogP contribution in [0.4, 0.5) is 17.1 Å². The van der Waals surface area contributed by atoms with Gasteiger partial charge in [0.2, 0.25) is 0 Å². The van der Waals surface area contributed by atoms with E-state index < -0.39 is 0 Å². The first-order valence-corrected chi connectivity index (χ1v) is 25.2. The third kappa shape index (κ3) is 6.55. The van der Waals surface area contributed by atoms with E-state index in [0.717, 1.165) is 5.69 Å². The van der Waals surface area contributed by atoms with E-state index in [9.17, 15) is 0 Å². The Hall–Kier alpha value is -9.04. The van der Waals surface area contributed by atoms with Crippen LogP contribution in [0.2, 0.25) is 0 Å². The number of anilines is 3. The Morgan fingerprint density at radius 1 is 0.278 bits per heavy atom. The largest absolute Gasteiger partial charge is 0.309 e. The minimum atomic E-state index is -0.258. The summed E-state index contributed by atoms with van der Waals surface area (Å²) in [7, 11) is 0. The first-order valence-electron chi connectivity index (χ1n) is 25.2. The number of rotatable bonds is 7. The second-order valence-electron chi connectivity index (χ2n) is 19.9. The Morgan fingerprint density at radius 3 is 1.39 bits per heavy atom. The summed E-state index contributed by atoms with van der Waals surface area (Å²) in [6, 6.07) is 96.8. The summed E-state index contributed by atoms with van der Waals surface area (Å²) in [4.78, 5) is 2.48. The van der Waals surface area contributed by atoms with E-state index in [-0.39, 0.29) is 5.41 Å². The van der Waals surface area contributed by atoms with Gasteiger partial charge in [0.05, 0.1) is 11.4 Å². The van der Waals surface area contributed by atoms with Gasteiger partial charge in [-0.3, -0.25) is 0 Å². The van der Waals surface area contributed by atoms with Gasteiger partial charge < -0.3 is 4.90 Å². The topological polar surface area (TPSA) is 3.24 Å². The molecule has 0 amide bonds. The minimum Gasteiger partial charge on any atom is -0.309 e. The molecule has 0 N–H and O–H groups in total. The Morgan fingerprint density at radius 2 is 0.750 bits per heavy atom. The van der Waals surface area contributed by atoms with Crippen molar-refractivity contribution in [1.29, 1.82) is 0 Å². The van der Waals surface area contributed by atoms with Crippen molar-refractivity contribution in [3.63, 3.8) is 0 Å². The molecule has 0 saturated heterocycles. The lowest BCUT2D eigenvalue weighted by molar-refractivity contribution is 0.660. The normalized spacial score (nSPS) is 12.7. The molecular weight excluding hydrogens is 867 g/mol. The van der Waals surface area contributed by atoms with E-state index in [1.165, 1.54) is 132 Å². The molecule has 0 radical (unpaired) electrons. The van der Waals surface area contributed by atoms with E-state index in [1.807, 2.05) is 0 Å². The van der Waals surface area contributed by atoms with E-state index in [2.05, 4.69) is 280 Å². The Balaban J connectivity index is 0.951.